The fourth-order valence-electron chi connectivity index (χ4n) is 3.32. The van der Waals surface area contributed by atoms with Crippen molar-refractivity contribution >= 4 is 23.3 Å². The second-order valence-electron chi connectivity index (χ2n) is 7.03. The molecule has 0 atom stereocenters. The van der Waals surface area contributed by atoms with E-state index in [1.807, 2.05) is 11.8 Å². The van der Waals surface area contributed by atoms with Crippen molar-refractivity contribution in [1.29, 1.82) is 0 Å². The Morgan fingerprint density at radius 1 is 1.07 bits per heavy atom. The monoisotopic (exact) mass is 420 g/mol. The molecule has 0 radical (unpaired) electrons. The first-order chi connectivity index (χ1) is 14.3. The molecule has 0 unspecified atom stereocenters. The van der Waals surface area contributed by atoms with E-state index >= 15 is 0 Å². The topological polar surface area (TPSA) is 65.5 Å². The molecule has 160 valence electrons. The summed E-state index contributed by atoms with van der Waals surface area (Å²) < 4.78 is 39.6. The number of pyridine rings is 1. The molecule has 0 bridgehead atoms. The van der Waals surface area contributed by atoms with E-state index in [1.54, 1.807) is 18.3 Å². The molecule has 3 rings (SSSR count). The molecule has 1 fully saturated rings. The Morgan fingerprint density at radius 2 is 1.77 bits per heavy atom. The lowest BCUT2D eigenvalue weighted by Crippen LogP contribution is -2.49. The molecular weight excluding hydrogens is 397 g/mol. The van der Waals surface area contributed by atoms with Gasteiger partial charge in [0.1, 0.15) is 5.82 Å². The number of alkyl halides is 3. The van der Waals surface area contributed by atoms with Gasteiger partial charge in [0.25, 0.3) is 5.91 Å². The first-order valence-electron chi connectivity index (χ1n) is 9.76. The fourth-order valence-corrected chi connectivity index (χ4v) is 3.32. The van der Waals surface area contributed by atoms with Crippen molar-refractivity contribution in [2.45, 2.75) is 25.9 Å². The van der Waals surface area contributed by atoms with Gasteiger partial charge in [0.15, 0.2) is 0 Å². The van der Waals surface area contributed by atoms with Crippen molar-refractivity contribution in [2.75, 3.05) is 36.4 Å². The van der Waals surface area contributed by atoms with Gasteiger partial charge in [0, 0.05) is 32.6 Å². The number of nitrogens with one attached hydrogen (secondary N) is 1. The summed E-state index contributed by atoms with van der Waals surface area (Å²) in [6, 6.07) is 8.38. The van der Waals surface area contributed by atoms with E-state index in [2.05, 4.69) is 10.3 Å². The van der Waals surface area contributed by atoms with Gasteiger partial charge in [-0.1, -0.05) is 19.1 Å². The zero-order chi connectivity index (χ0) is 21.7. The zero-order valence-electron chi connectivity index (χ0n) is 16.6. The van der Waals surface area contributed by atoms with E-state index in [4.69, 9.17) is 0 Å². The molecule has 1 saturated heterocycles. The molecule has 2 amide bonds. The summed E-state index contributed by atoms with van der Waals surface area (Å²) in [4.78, 5) is 32.0. The molecule has 9 heteroatoms. The summed E-state index contributed by atoms with van der Waals surface area (Å²) in [5, 5.41) is 2.77. The van der Waals surface area contributed by atoms with Crippen LogP contribution < -0.4 is 10.2 Å². The Balaban J connectivity index is 1.61. The minimum atomic E-state index is -4.58. The second-order valence-corrected chi connectivity index (χ2v) is 7.03. The molecule has 1 aliphatic heterocycles. The van der Waals surface area contributed by atoms with Crippen LogP contribution in [0.1, 0.15) is 35.7 Å². The number of hydrogen-bond donors (Lipinski definition) is 1. The SMILES string of the molecule is CCCC(=O)Nc1ccc(N2CCN(C(=O)c3ccccc3C(F)(F)F)CC2)nc1. The Bertz CT molecular complexity index is 892. The highest BCUT2D eigenvalue weighted by Crippen LogP contribution is 2.32. The molecule has 1 aromatic heterocycles. The molecule has 30 heavy (non-hydrogen) atoms. The van der Waals surface area contributed by atoms with Crippen molar-refractivity contribution in [3.8, 4) is 0 Å². The van der Waals surface area contributed by atoms with E-state index in [9.17, 15) is 22.8 Å². The Labute approximate surface area is 172 Å². The second kappa shape index (κ2) is 9.15. The van der Waals surface area contributed by atoms with Crippen LogP contribution in [0.5, 0.6) is 0 Å². The van der Waals surface area contributed by atoms with Gasteiger partial charge in [0.2, 0.25) is 5.91 Å². The molecule has 2 aromatic rings. The summed E-state index contributed by atoms with van der Waals surface area (Å²) in [6.07, 6.45) is -1.81. The zero-order valence-corrected chi connectivity index (χ0v) is 16.6. The minimum Gasteiger partial charge on any atom is -0.353 e. The van der Waals surface area contributed by atoms with Crippen molar-refractivity contribution in [3.63, 3.8) is 0 Å². The van der Waals surface area contributed by atoms with Crippen LogP contribution in [-0.2, 0) is 11.0 Å². The van der Waals surface area contributed by atoms with E-state index in [-0.39, 0.29) is 11.5 Å². The Morgan fingerprint density at radius 3 is 2.37 bits per heavy atom. The Kier molecular flexibility index (Phi) is 6.59. The van der Waals surface area contributed by atoms with Crippen LogP contribution in [-0.4, -0.2) is 47.9 Å². The smallest absolute Gasteiger partial charge is 0.353 e. The normalized spacial score (nSPS) is 14.5. The van der Waals surface area contributed by atoms with Crippen molar-refractivity contribution in [1.82, 2.24) is 9.88 Å². The predicted octanol–water partition coefficient (Wildman–Crippen LogP) is 3.80. The van der Waals surface area contributed by atoms with E-state index in [1.165, 1.54) is 23.1 Å². The largest absolute Gasteiger partial charge is 0.417 e. The molecule has 6 nitrogen and oxygen atoms in total. The van der Waals surface area contributed by atoms with Crippen molar-refractivity contribution < 1.29 is 22.8 Å². The molecule has 0 saturated carbocycles. The summed E-state index contributed by atoms with van der Waals surface area (Å²) >= 11 is 0. The molecule has 1 aromatic carbocycles. The Hall–Kier alpha value is -3.10. The molecule has 1 aliphatic rings. The summed E-state index contributed by atoms with van der Waals surface area (Å²) in [6.45, 7) is 3.42. The third-order valence-corrected chi connectivity index (χ3v) is 4.86. The van der Waals surface area contributed by atoms with Crippen LogP contribution in [0.2, 0.25) is 0 Å². The maximum Gasteiger partial charge on any atom is 0.417 e. The van der Waals surface area contributed by atoms with Crippen LogP contribution >= 0.6 is 0 Å². The fraction of sp³-hybridized carbons (Fsp3) is 0.381. The number of hydrogen-bond acceptors (Lipinski definition) is 4. The van der Waals surface area contributed by atoms with Gasteiger partial charge in [0.05, 0.1) is 23.0 Å². The highest BCUT2D eigenvalue weighted by atomic mass is 19.4. The van der Waals surface area contributed by atoms with Crippen LogP contribution in [0.4, 0.5) is 24.7 Å². The van der Waals surface area contributed by atoms with Gasteiger partial charge in [-0.3, -0.25) is 9.59 Å². The number of halogens is 3. The van der Waals surface area contributed by atoms with Crippen LogP contribution in [0.3, 0.4) is 0 Å². The van der Waals surface area contributed by atoms with Gasteiger partial charge >= 0.3 is 6.18 Å². The standard InChI is InChI=1S/C21H23F3N4O2/c1-2-5-19(29)26-15-8-9-18(25-14-15)27-10-12-28(13-11-27)20(30)16-6-3-4-7-17(16)21(22,23)24/h3-4,6-9,14H,2,5,10-13H2,1H3,(H,26,29). The summed E-state index contributed by atoms with van der Waals surface area (Å²) in [5.41, 5.74) is -0.640. The maximum absolute atomic E-state index is 13.2. The average molecular weight is 420 g/mol. The van der Waals surface area contributed by atoms with Gasteiger partial charge in [-0.05, 0) is 30.7 Å². The number of amides is 2. The van der Waals surface area contributed by atoms with Crippen LogP contribution in [0.25, 0.3) is 0 Å². The molecule has 2 heterocycles. The minimum absolute atomic E-state index is 0.0710. The third-order valence-electron chi connectivity index (χ3n) is 4.86. The first-order valence-corrected chi connectivity index (χ1v) is 9.76. The molecular formula is C21H23F3N4O2. The summed E-state index contributed by atoms with van der Waals surface area (Å²) in [5.74, 6) is -0.00545. The number of carbonyl (C=O) groups excluding carboxylic acids is 2. The number of nitrogens with zero attached hydrogens (tertiary/aromatic N) is 3. The van der Waals surface area contributed by atoms with E-state index in [0.717, 1.165) is 12.5 Å². The maximum atomic E-state index is 13.2. The number of carbonyl (C=O) groups is 2. The lowest BCUT2D eigenvalue weighted by atomic mass is 10.1. The molecule has 1 N–H and O–H groups in total. The van der Waals surface area contributed by atoms with Gasteiger partial charge < -0.3 is 15.1 Å². The quantitative estimate of drug-likeness (QED) is 0.799. The number of aromatic nitrogens is 1. The highest BCUT2D eigenvalue weighted by Gasteiger charge is 2.36. The number of rotatable bonds is 5. The number of benzene rings is 1. The number of anilines is 2. The lowest BCUT2D eigenvalue weighted by molar-refractivity contribution is -0.138. The van der Waals surface area contributed by atoms with E-state index in [0.29, 0.717) is 44.1 Å². The number of piperazine rings is 1. The summed E-state index contributed by atoms with van der Waals surface area (Å²) in [7, 11) is 0. The van der Waals surface area contributed by atoms with Gasteiger partial charge in [-0.25, -0.2) is 4.98 Å². The predicted molar refractivity (Wildman–Crippen MR) is 107 cm³/mol. The molecule has 0 aliphatic carbocycles. The van der Waals surface area contributed by atoms with Crippen molar-refractivity contribution in [2.24, 2.45) is 0 Å². The average Bonchev–Trinajstić information content (AvgIpc) is 2.73. The third kappa shape index (κ3) is 5.08. The van der Waals surface area contributed by atoms with Crippen LogP contribution in [0, 0.1) is 0 Å². The van der Waals surface area contributed by atoms with E-state index < -0.39 is 17.6 Å². The lowest BCUT2D eigenvalue weighted by Gasteiger charge is -2.35. The van der Waals surface area contributed by atoms with Gasteiger partial charge in [-0.15, -0.1) is 0 Å². The van der Waals surface area contributed by atoms with Crippen molar-refractivity contribution in [3.05, 3.63) is 53.7 Å². The molecule has 0 spiro atoms. The highest BCUT2D eigenvalue weighted by molar-refractivity contribution is 5.96. The van der Waals surface area contributed by atoms with Gasteiger partial charge in [-0.2, -0.15) is 13.2 Å². The first kappa shape index (κ1) is 21.6. The van der Waals surface area contributed by atoms with Crippen LogP contribution in [0.15, 0.2) is 42.6 Å².